The van der Waals surface area contributed by atoms with Crippen LogP contribution in [0, 0.1) is 0 Å². The van der Waals surface area contributed by atoms with Gasteiger partial charge < -0.3 is 13.9 Å². The number of benzene rings is 2. The molecule has 5 nitrogen and oxygen atoms in total. The van der Waals surface area contributed by atoms with Crippen molar-refractivity contribution in [3.63, 3.8) is 0 Å². The number of hydrogen-bond acceptors (Lipinski definition) is 5. The molecule has 0 spiro atoms. The van der Waals surface area contributed by atoms with Crippen LogP contribution in [0.4, 0.5) is 0 Å². The van der Waals surface area contributed by atoms with Crippen LogP contribution >= 0.6 is 11.6 Å². The van der Waals surface area contributed by atoms with Gasteiger partial charge in [0, 0.05) is 10.4 Å². The zero-order chi connectivity index (χ0) is 16.4. The lowest BCUT2D eigenvalue weighted by atomic mass is 10.2. The molecule has 6 heteroatoms. The molecule has 0 aliphatic heterocycles. The normalized spacial score (nSPS) is 10.5. The molecular weight excluding hydrogens is 320 g/mol. The number of fused-ring (bicyclic) bond motifs is 1. The van der Waals surface area contributed by atoms with E-state index < -0.39 is 11.6 Å². The van der Waals surface area contributed by atoms with E-state index in [0.717, 1.165) is 0 Å². The Morgan fingerprint density at radius 2 is 1.87 bits per heavy atom. The summed E-state index contributed by atoms with van der Waals surface area (Å²) in [5.41, 5.74) is -0.704. The second-order valence-electron chi connectivity index (χ2n) is 4.67. The third-order valence-corrected chi connectivity index (χ3v) is 3.44. The number of carbonyl (C=O) groups is 1. The van der Waals surface area contributed by atoms with E-state index in [1.807, 2.05) is 0 Å². The van der Waals surface area contributed by atoms with Crippen molar-refractivity contribution in [2.45, 2.75) is 0 Å². The number of esters is 1. The third-order valence-electron chi connectivity index (χ3n) is 3.19. The van der Waals surface area contributed by atoms with E-state index in [2.05, 4.69) is 0 Å². The Balaban J connectivity index is 1.99. The summed E-state index contributed by atoms with van der Waals surface area (Å²) < 4.78 is 15.5. The molecule has 2 aromatic carbocycles. The van der Waals surface area contributed by atoms with Crippen molar-refractivity contribution in [2.24, 2.45) is 0 Å². The smallest absolute Gasteiger partial charge is 0.351 e. The summed E-state index contributed by atoms with van der Waals surface area (Å²) in [5, 5.41) is 1.08. The number of rotatable bonds is 3. The highest BCUT2D eigenvalue weighted by atomic mass is 35.5. The number of methoxy groups -OCH3 is 1. The van der Waals surface area contributed by atoms with Gasteiger partial charge in [0.25, 0.3) is 0 Å². The molecule has 3 aromatic rings. The number of halogens is 1. The van der Waals surface area contributed by atoms with E-state index in [4.69, 9.17) is 25.5 Å². The van der Waals surface area contributed by atoms with Crippen molar-refractivity contribution in [3.05, 3.63) is 69.5 Å². The Labute approximate surface area is 136 Å². The molecule has 0 bridgehead atoms. The quantitative estimate of drug-likeness (QED) is 0.416. The maximum absolute atomic E-state index is 12.2. The summed E-state index contributed by atoms with van der Waals surface area (Å²) in [6, 6.07) is 12.8. The minimum atomic E-state index is -0.800. The first-order valence-corrected chi connectivity index (χ1v) is 7.05. The predicted molar refractivity (Wildman–Crippen MR) is 85.4 cm³/mol. The minimum absolute atomic E-state index is 0.194. The molecule has 0 N–H and O–H groups in total. The van der Waals surface area contributed by atoms with Gasteiger partial charge in [0.2, 0.25) is 0 Å². The fourth-order valence-corrected chi connectivity index (χ4v) is 2.21. The van der Waals surface area contributed by atoms with Gasteiger partial charge in [-0.3, -0.25) is 0 Å². The van der Waals surface area contributed by atoms with Crippen LogP contribution in [0.25, 0.3) is 11.0 Å². The predicted octanol–water partition coefficient (Wildman–Crippen LogP) is 3.67. The molecule has 1 heterocycles. The van der Waals surface area contributed by atoms with E-state index in [-0.39, 0.29) is 16.9 Å². The van der Waals surface area contributed by atoms with Gasteiger partial charge in [0.05, 0.1) is 7.11 Å². The Bertz CT molecular complexity index is 928. The summed E-state index contributed by atoms with van der Waals surface area (Å²) in [6.45, 7) is 0. The Morgan fingerprint density at radius 3 is 2.57 bits per heavy atom. The molecule has 0 fully saturated rings. The SMILES string of the molecule is COc1cccc2cc(C(=O)Oc3ccc(Cl)cc3)c(=O)oc12. The van der Waals surface area contributed by atoms with Gasteiger partial charge in [-0.2, -0.15) is 0 Å². The number of para-hydroxylation sites is 1. The minimum Gasteiger partial charge on any atom is -0.493 e. The maximum atomic E-state index is 12.2. The van der Waals surface area contributed by atoms with Gasteiger partial charge in [-0.15, -0.1) is 0 Å². The highest BCUT2D eigenvalue weighted by Crippen LogP contribution is 2.25. The van der Waals surface area contributed by atoms with Gasteiger partial charge in [0.1, 0.15) is 11.3 Å². The number of ether oxygens (including phenoxy) is 2. The van der Waals surface area contributed by atoms with Gasteiger partial charge in [-0.25, -0.2) is 9.59 Å². The molecule has 0 atom stereocenters. The molecule has 0 saturated carbocycles. The zero-order valence-corrected chi connectivity index (χ0v) is 12.8. The van der Waals surface area contributed by atoms with E-state index >= 15 is 0 Å². The van der Waals surface area contributed by atoms with E-state index in [0.29, 0.717) is 16.2 Å². The Hall–Kier alpha value is -2.79. The topological polar surface area (TPSA) is 65.7 Å². The number of carbonyl (C=O) groups excluding carboxylic acids is 1. The van der Waals surface area contributed by atoms with Crippen molar-refractivity contribution in [2.75, 3.05) is 7.11 Å². The van der Waals surface area contributed by atoms with E-state index in [1.165, 1.54) is 25.3 Å². The second-order valence-corrected chi connectivity index (χ2v) is 5.11. The lowest BCUT2D eigenvalue weighted by Crippen LogP contribution is -2.18. The first kappa shape index (κ1) is 15.1. The van der Waals surface area contributed by atoms with E-state index in [9.17, 15) is 9.59 Å². The average molecular weight is 331 g/mol. The monoisotopic (exact) mass is 330 g/mol. The standard InChI is InChI=1S/C17H11ClO5/c1-21-14-4-2-3-10-9-13(17(20)23-15(10)14)16(19)22-12-7-5-11(18)6-8-12/h2-9H,1H3. The molecule has 0 unspecified atom stereocenters. The van der Waals surface area contributed by atoms with E-state index in [1.54, 1.807) is 30.3 Å². The number of hydrogen-bond donors (Lipinski definition) is 0. The first-order chi connectivity index (χ1) is 11.1. The van der Waals surface area contributed by atoms with Crippen LogP contribution in [0.3, 0.4) is 0 Å². The van der Waals surface area contributed by atoms with Crippen molar-refractivity contribution >= 4 is 28.5 Å². The molecule has 1 aromatic heterocycles. The lowest BCUT2D eigenvalue weighted by molar-refractivity contribution is 0.0730. The van der Waals surface area contributed by atoms with Gasteiger partial charge in [-0.1, -0.05) is 23.7 Å². The third kappa shape index (κ3) is 3.05. The second kappa shape index (κ2) is 6.14. The molecule has 0 radical (unpaired) electrons. The van der Waals surface area contributed by atoms with Gasteiger partial charge in [0.15, 0.2) is 11.3 Å². The fraction of sp³-hybridized carbons (Fsp3) is 0.0588. The molecular formula is C17H11ClO5. The van der Waals surface area contributed by atoms with Gasteiger partial charge >= 0.3 is 11.6 Å². The molecule has 3 rings (SSSR count). The summed E-state index contributed by atoms with van der Waals surface area (Å²) >= 11 is 5.77. The van der Waals surface area contributed by atoms with Crippen LogP contribution < -0.4 is 15.1 Å². The summed E-state index contributed by atoms with van der Waals surface area (Å²) in [5.74, 6) is -0.104. The first-order valence-electron chi connectivity index (χ1n) is 6.67. The molecule has 0 aliphatic rings. The largest absolute Gasteiger partial charge is 0.493 e. The average Bonchev–Trinajstić information content (AvgIpc) is 2.55. The fourth-order valence-electron chi connectivity index (χ4n) is 2.09. The highest BCUT2D eigenvalue weighted by Gasteiger charge is 2.17. The summed E-state index contributed by atoms with van der Waals surface area (Å²) in [4.78, 5) is 24.2. The van der Waals surface area contributed by atoms with Crippen LogP contribution in [0.15, 0.2) is 57.7 Å². The molecule has 116 valence electrons. The zero-order valence-electron chi connectivity index (χ0n) is 12.0. The molecule has 0 amide bonds. The van der Waals surface area contributed by atoms with Crippen LogP contribution in [-0.4, -0.2) is 13.1 Å². The Kier molecular flexibility index (Phi) is 4.04. The molecule has 0 saturated heterocycles. The van der Waals surface area contributed by atoms with Crippen molar-refractivity contribution in [3.8, 4) is 11.5 Å². The van der Waals surface area contributed by atoms with Crippen molar-refractivity contribution < 1.29 is 18.7 Å². The summed E-state index contributed by atoms with van der Waals surface area (Å²) in [7, 11) is 1.47. The van der Waals surface area contributed by atoms with Crippen LogP contribution in [0.2, 0.25) is 5.02 Å². The Morgan fingerprint density at radius 1 is 1.13 bits per heavy atom. The highest BCUT2D eigenvalue weighted by molar-refractivity contribution is 6.30. The van der Waals surface area contributed by atoms with Crippen LogP contribution in [0.1, 0.15) is 10.4 Å². The van der Waals surface area contributed by atoms with Crippen LogP contribution in [0.5, 0.6) is 11.5 Å². The summed E-state index contributed by atoms with van der Waals surface area (Å²) in [6.07, 6.45) is 0. The molecule has 0 aliphatic carbocycles. The van der Waals surface area contributed by atoms with Crippen molar-refractivity contribution in [1.29, 1.82) is 0 Å². The van der Waals surface area contributed by atoms with Gasteiger partial charge in [-0.05, 0) is 36.4 Å². The lowest BCUT2D eigenvalue weighted by Gasteiger charge is -2.06. The van der Waals surface area contributed by atoms with Crippen molar-refractivity contribution in [1.82, 2.24) is 0 Å². The maximum Gasteiger partial charge on any atom is 0.351 e. The van der Waals surface area contributed by atoms with Crippen LogP contribution in [-0.2, 0) is 0 Å². The molecule has 23 heavy (non-hydrogen) atoms.